The highest BCUT2D eigenvalue weighted by atomic mass is 19.1. The Balaban J connectivity index is 2.16. The van der Waals surface area contributed by atoms with Crippen molar-refractivity contribution in [2.75, 3.05) is 0 Å². The second kappa shape index (κ2) is 7.00. The number of hydrogen-bond donors (Lipinski definition) is 2. The lowest BCUT2D eigenvalue weighted by molar-refractivity contribution is -0.119. The molecule has 0 saturated heterocycles. The second-order valence-electron chi connectivity index (χ2n) is 5.25. The van der Waals surface area contributed by atoms with Gasteiger partial charge in [-0.2, -0.15) is 0 Å². The molecule has 3 N–H and O–H groups in total. The van der Waals surface area contributed by atoms with Gasteiger partial charge in [-0.15, -0.1) is 0 Å². The van der Waals surface area contributed by atoms with Crippen molar-refractivity contribution in [1.82, 2.24) is 5.32 Å². The van der Waals surface area contributed by atoms with Crippen LogP contribution >= 0.6 is 0 Å². The molecule has 2 aromatic rings. The van der Waals surface area contributed by atoms with Gasteiger partial charge in [0.15, 0.2) is 0 Å². The van der Waals surface area contributed by atoms with Gasteiger partial charge in [-0.3, -0.25) is 9.59 Å². The SMILES string of the molecule is Cc1cccc(C[C@H](NC(=O)c2ccc(F)cc2F)C(N)=O)c1. The zero-order valence-electron chi connectivity index (χ0n) is 12.5. The Bertz CT molecular complexity index is 747. The van der Waals surface area contributed by atoms with Crippen LogP contribution < -0.4 is 11.1 Å². The molecule has 0 bridgehead atoms. The molecule has 0 heterocycles. The fraction of sp³-hybridized carbons (Fsp3) is 0.176. The summed E-state index contributed by atoms with van der Waals surface area (Å²) in [5.41, 5.74) is 6.77. The molecule has 120 valence electrons. The van der Waals surface area contributed by atoms with E-state index in [-0.39, 0.29) is 12.0 Å². The van der Waals surface area contributed by atoms with E-state index in [0.29, 0.717) is 6.07 Å². The number of primary amides is 1. The summed E-state index contributed by atoms with van der Waals surface area (Å²) in [6.07, 6.45) is 0.186. The summed E-state index contributed by atoms with van der Waals surface area (Å²) >= 11 is 0. The predicted molar refractivity (Wildman–Crippen MR) is 81.7 cm³/mol. The Hall–Kier alpha value is -2.76. The van der Waals surface area contributed by atoms with Crippen LogP contribution in [-0.2, 0) is 11.2 Å². The van der Waals surface area contributed by atoms with Crippen molar-refractivity contribution < 1.29 is 18.4 Å². The molecular formula is C17H16F2N2O2. The van der Waals surface area contributed by atoms with Gasteiger partial charge in [0, 0.05) is 12.5 Å². The summed E-state index contributed by atoms with van der Waals surface area (Å²) in [4.78, 5) is 23.6. The van der Waals surface area contributed by atoms with Crippen LogP contribution in [0.1, 0.15) is 21.5 Å². The van der Waals surface area contributed by atoms with Crippen LogP contribution in [0, 0.1) is 18.6 Å². The average Bonchev–Trinajstić information content (AvgIpc) is 2.46. The van der Waals surface area contributed by atoms with Crippen molar-refractivity contribution in [1.29, 1.82) is 0 Å². The molecular weight excluding hydrogens is 302 g/mol. The van der Waals surface area contributed by atoms with Gasteiger partial charge in [-0.05, 0) is 24.6 Å². The first-order valence-corrected chi connectivity index (χ1v) is 6.97. The molecule has 2 amide bonds. The highest BCUT2D eigenvalue weighted by Crippen LogP contribution is 2.11. The van der Waals surface area contributed by atoms with E-state index in [2.05, 4.69) is 5.32 Å². The predicted octanol–water partition coefficient (Wildman–Crippen LogP) is 2.10. The van der Waals surface area contributed by atoms with Gasteiger partial charge in [0.2, 0.25) is 5.91 Å². The first kappa shape index (κ1) is 16.6. The minimum absolute atomic E-state index is 0.186. The monoisotopic (exact) mass is 318 g/mol. The van der Waals surface area contributed by atoms with Crippen LogP contribution in [0.3, 0.4) is 0 Å². The van der Waals surface area contributed by atoms with Crippen molar-refractivity contribution in [3.8, 4) is 0 Å². The van der Waals surface area contributed by atoms with Crippen molar-refractivity contribution in [3.63, 3.8) is 0 Å². The van der Waals surface area contributed by atoms with Gasteiger partial charge in [-0.1, -0.05) is 29.8 Å². The average molecular weight is 318 g/mol. The van der Waals surface area contributed by atoms with Crippen LogP contribution in [0.15, 0.2) is 42.5 Å². The lowest BCUT2D eigenvalue weighted by Gasteiger charge is -2.16. The van der Waals surface area contributed by atoms with Gasteiger partial charge < -0.3 is 11.1 Å². The maximum atomic E-state index is 13.6. The third-order valence-electron chi connectivity index (χ3n) is 3.35. The summed E-state index contributed by atoms with van der Waals surface area (Å²) in [7, 11) is 0. The number of hydrogen-bond acceptors (Lipinski definition) is 2. The Morgan fingerprint density at radius 3 is 2.52 bits per heavy atom. The van der Waals surface area contributed by atoms with Crippen molar-refractivity contribution in [3.05, 3.63) is 70.8 Å². The van der Waals surface area contributed by atoms with Crippen LogP contribution in [0.2, 0.25) is 0 Å². The van der Waals surface area contributed by atoms with E-state index in [4.69, 9.17) is 5.73 Å². The zero-order valence-corrected chi connectivity index (χ0v) is 12.5. The number of halogens is 2. The van der Waals surface area contributed by atoms with Gasteiger partial charge in [-0.25, -0.2) is 8.78 Å². The number of nitrogens with two attached hydrogens (primary N) is 1. The first-order valence-electron chi connectivity index (χ1n) is 6.97. The molecule has 2 rings (SSSR count). The number of rotatable bonds is 5. The lowest BCUT2D eigenvalue weighted by Crippen LogP contribution is -2.46. The number of amides is 2. The highest BCUT2D eigenvalue weighted by molar-refractivity contribution is 5.97. The van der Waals surface area contributed by atoms with Crippen molar-refractivity contribution >= 4 is 11.8 Å². The quantitative estimate of drug-likeness (QED) is 0.886. The Kier molecular flexibility index (Phi) is 5.05. The highest BCUT2D eigenvalue weighted by Gasteiger charge is 2.21. The minimum atomic E-state index is -0.999. The normalized spacial score (nSPS) is 11.8. The van der Waals surface area contributed by atoms with Gasteiger partial charge in [0.25, 0.3) is 5.91 Å². The van der Waals surface area contributed by atoms with E-state index in [9.17, 15) is 18.4 Å². The molecule has 0 aliphatic carbocycles. The molecule has 23 heavy (non-hydrogen) atoms. The zero-order chi connectivity index (χ0) is 17.0. The summed E-state index contributed by atoms with van der Waals surface area (Å²) < 4.78 is 26.5. The summed E-state index contributed by atoms with van der Waals surface area (Å²) in [5.74, 6) is -3.34. The van der Waals surface area contributed by atoms with Crippen LogP contribution in [-0.4, -0.2) is 17.9 Å². The summed E-state index contributed by atoms with van der Waals surface area (Å²) in [6, 6.07) is 8.99. The molecule has 0 radical (unpaired) electrons. The molecule has 0 aromatic heterocycles. The van der Waals surface area contributed by atoms with E-state index in [1.165, 1.54) is 0 Å². The van der Waals surface area contributed by atoms with E-state index < -0.39 is 29.5 Å². The third-order valence-corrected chi connectivity index (χ3v) is 3.35. The largest absolute Gasteiger partial charge is 0.368 e. The second-order valence-corrected chi connectivity index (χ2v) is 5.25. The Morgan fingerprint density at radius 2 is 1.91 bits per heavy atom. The molecule has 0 fully saturated rings. The minimum Gasteiger partial charge on any atom is -0.368 e. The summed E-state index contributed by atoms with van der Waals surface area (Å²) in [5, 5.41) is 2.39. The van der Waals surface area contributed by atoms with E-state index in [0.717, 1.165) is 23.3 Å². The number of carbonyl (C=O) groups is 2. The molecule has 4 nitrogen and oxygen atoms in total. The smallest absolute Gasteiger partial charge is 0.254 e. The molecule has 0 unspecified atom stereocenters. The van der Waals surface area contributed by atoms with Crippen LogP contribution in [0.4, 0.5) is 8.78 Å². The third kappa shape index (κ3) is 4.35. The topological polar surface area (TPSA) is 72.2 Å². The molecule has 0 aliphatic heterocycles. The number of aryl methyl sites for hydroxylation is 1. The molecule has 6 heteroatoms. The van der Waals surface area contributed by atoms with E-state index in [1.54, 1.807) is 6.07 Å². The van der Waals surface area contributed by atoms with Crippen LogP contribution in [0.25, 0.3) is 0 Å². The van der Waals surface area contributed by atoms with Crippen molar-refractivity contribution in [2.24, 2.45) is 5.73 Å². The molecule has 0 saturated carbocycles. The first-order chi connectivity index (χ1) is 10.9. The van der Waals surface area contributed by atoms with Crippen LogP contribution in [0.5, 0.6) is 0 Å². The maximum Gasteiger partial charge on any atom is 0.254 e. The van der Waals surface area contributed by atoms with Crippen molar-refractivity contribution in [2.45, 2.75) is 19.4 Å². The Morgan fingerprint density at radius 1 is 1.17 bits per heavy atom. The number of carbonyl (C=O) groups excluding carboxylic acids is 2. The molecule has 0 spiro atoms. The van der Waals surface area contributed by atoms with Gasteiger partial charge in [0.1, 0.15) is 17.7 Å². The summed E-state index contributed by atoms with van der Waals surface area (Å²) in [6.45, 7) is 1.90. The van der Waals surface area contributed by atoms with Gasteiger partial charge >= 0.3 is 0 Å². The Labute approximate surface area is 132 Å². The molecule has 2 aromatic carbocycles. The number of benzene rings is 2. The van der Waals surface area contributed by atoms with E-state index in [1.807, 2.05) is 25.1 Å². The van der Waals surface area contributed by atoms with Gasteiger partial charge in [0.05, 0.1) is 5.56 Å². The molecule has 0 aliphatic rings. The standard InChI is InChI=1S/C17H16F2N2O2/c1-10-3-2-4-11(7-10)8-15(16(20)22)21-17(23)13-6-5-12(18)9-14(13)19/h2-7,9,15H,8H2,1H3,(H2,20,22)(H,21,23)/t15-/m0/s1. The fourth-order valence-corrected chi connectivity index (χ4v) is 2.21. The van der Waals surface area contributed by atoms with E-state index >= 15 is 0 Å². The fourth-order valence-electron chi connectivity index (χ4n) is 2.21. The number of nitrogens with one attached hydrogen (secondary N) is 1. The lowest BCUT2D eigenvalue weighted by atomic mass is 10.0. The molecule has 1 atom stereocenters. The maximum absolute atomic E-state index is 13.6.